The highest BCUT2D eigenvalue weighted by atomic mass is 35.5. The molecule has 0 fully saturated rings. The molecular formula is C16H10ClFN2O3. The summed E-state index contributed by atoms with van der Waals surface area (Å²) in [5.41, 5.74) is -0.201. The standard InChI is InChI=1S/C16H10ClFN2O3/c17-13-14(19-10-6-2-4-8-12(10)21)16(23)20(15(13)22)11-7-3-1-5-9(11)18/h1-8,19,21H. The lowest BCUT2D eigenvalue weighted by molar-refractivity contribution is -0.120. The number of benzene rings is 2. The van der Waals surface area contributed by atoms with Gasteiger partial charge in [0.15, 0.2) is 0 Å². The maximum atomic E-state index is 13.9. The Balaban J connectivity index is 1.97. The number of amides is 2. The van der Waals surface area contributed by atoms with Crippen LogP contribution < -0.4 is 10.2 Å². The Hall–Kier alpha value is -2.86. The number of hydrogen-bond acceptors (Lipinski definition) is 4. The van der Waals surface area contributed by atoms with Crippen LogP contribution in [0.25, 0.3) is 0 Å². The molecular weight excluding hydrogens is 323 g/mol. The van der Waals surface area contributed by atoms with Gasteiger partial charge in [-0.15, -0.1) is 0 Å². The van der Waals surface area contributed by atoms with Crippen molar-refractivity contribution in [3.05, 3.63) is 65.1 Å². The van der Waals surface area contributed by atoms with E-state index in [1.807, 2.05) is 0 Å². The first-order valence-electron chi connectivity index (χ1n) is 6.59. The van der Waals surface area contributed by atoms with E-state index in [-0.39, 0.29) is 27.9 Å². The van der Waals surface area contributed by atoms with E-state index in [9.17, 15) is 19.1 Å². The number of nitrogens with zero attached hydrogens (tertiary/aromatic N) is 1. The summed E-state index contributed by atoms with van der Waals surface area (Å²) in [5.74, 6) is -2.47. The van der Waals surface area contributed by atoms with E-state index in [1.165, 1.54) is 30.3 Å². The summed E-state index contributed by atoms with van der Waals surface area (Å²) in [6.45, 7) is 0. The number of carbonyl (C=O) groups excluding carboxylic acids is 2. The molecule has 2 N–H and O–H groups in total. The molecule has 5 nitrogen and oxygen atoms in total. The van der Waals surface area contributed by atoms with E-state index in [1.54, 1.807) is 12.1 Å². The highest BCUT2D eigenvalue weighted by molar-refractivity contribution is 6.53. The first-order valence-corrected chi connectivity index (χ1v) is 6.96. The number of hydrogen-bond donors (Lipinski definition) is 2. The number of rotatable bonds is 3. The Morgan fingerprint density at radius 3 is 2.35 bits per heavy atom. The van der Waals surface area contributed by atoms with E-state index < -0.39 is 17.6 Å². The molecule has 0 saturated heterocycles. The van der Waals surface area contributed by atoms with Gasteiger partial charge in [-0.25, -0.2) is 9.29 Å². The summed E-state index contributed by atoms with van der Waals surface area (Å²) in [5, 5.41) is 12.0. The van der Waals surface area contributed by atoms with Gasteiger partial charge in [0.25, 0.3) is 11.8 Å². The Kier molecular flexibility index (Phi) is 3.75. The molecule has 0 unspecified atom stereocenters. The predicted molar refractivity (Wildman–Crippen MR) is 83.5 cm³/mol. The molecule has 0 atom stereocenters. The first-order chi connectivity index (χ1) is 11.0. The molecule has 0 aliphatic carbocycles. The van der Waals surface area contributed by atoms with E-state index >= 15 is 0 Å². The molecule has 1 aliphatic rings. The number of anilines is 2. The highest BCUT2D eigenvalue weighted by Crippen LogP contribution is 2.33. The second-order valence-electron chi connectivity index (χ2n) is 4.73. The molecule has 2 aromatic rings. The van der Waals surface area contributed by atoms with E-state index in [0.29, 0.717) is 4.90 Å². The number of aromatic hydroxyl groups is 1. The third kappa shape index (κ3) is 2.53. The van der Waals surface area contributed by atoms with Gasteiger partial charge < -0.3 is 10.4 Å². The fourth-order valence-corrected chi connectivity index (χ4v) is 2.39. The summed E-state index contributed by atoms with van der Waals surface area (Å²) in [6.07, 6.45) is 0. The normalized spacial score (nSPS) is 14.6. The molecule has 0 aromatic heterocycles. The lowest BCUT2D eigenvalue weighted by Gasteiger charge is -2.15. The van der Waals surface area contributed by atoms with Crippen molar-refractivity contribution in [2.45, 2.75) is 0 Å². The van der Waals surface area contributed by atoms with Gasteiger partial charge in [-0.3, -0.25) is 9.59 Å². The quantitative estimate of drug-likeness (QED) is 0.669. The van der Waals surface area contributed by atoms with Gasteiger partial charge in [0.1, 0.15) is 22.3 Å². The highest BCUT2D eigenvalue weighted by Gasteiger charge is 2.40. The van der Waals surface area contributed by atoms with Gasteiger partial charge in [0, 0.05) is 0 Å². The maximum Gasteiger partial charge on any atom is 0.283 e. The summed E-state index contributed by atoms with van der Waals surface area (Å²) < 4.78 is 13.9. The van der Waals surface area contributed by atoms with Gasteiger partial charge in [0.05, 0.1) is 11.4 Å². The van der Waals surface area contributed by atoms with Crippen LogP contribution in [0.1, 0.15) is 0 Å². The van der Waals surface area contributed by atoms with Crippen LogP contribution in [0, 0.1) is 5.82 Å². The second kappa shape index (κ2) is 5.73. The number of phenols is 1. The summed E-state index contributed by atoms with van der Waals surface area (Å²) in [4.78, 5) is 25.3. The Labute approximate surface area is 135 Å². The van der Waals surface area contributed by atoms with Crippen molar-refractivity contribution in [1.82, 2.24) is 0 Å². The minimum absolute atomic E-state index is 0.117. The summed E-state index contributed by atoms with van der Waals surface area (Å²) in [7, 11) is 0. The van der Waals surface area contributed by atoms with Gasteiger partial charge in [-0.1, -0.05) is 35.9 Å². The van der Waals surface area contributed by atoms with Gasteiger partial charge >= 0.3 is 0 Å². The molecule has 0 spiro atoms. The predicted octanol–water partition coefficient (Wildman–Crippen LogP) is 2.97. The van der Waals surface area contributed by atoms with E-state index in [2.05, 4.69) is 5.32 Å². The van der Waals surface area contributed by atoms with Crippen LogP contribution in [0.5, 0.6) is 5.75 Å². The molecule has 2 aromatic carbocycles. The van der Waals surface area contributed by atoms with Gasteiger partial charge in [-0.05, 0) is 24.3 Å². The molecule has 3 rings (SSSR count). The topological polar surface area (TPSA) is 69.6 Å². The average Bonchev–Trinajstić information content (AvgIpc) is 2.74. The number of para-hydroxylation sites is 3. The van der Waals surface area contributed by atoms with Gasteiger partial charge in [0.2, 0.25) is 0 Å². The molecule has 0 bridgehead atoms. The Bertz CT molecular complexity index is 851. The average molecular weight is 333 g/mol. The minimum atomic E-state index is -0.834. The third-order valence-electron chi connectivity index (χ3n) is 3.28. The SMILES string of the molecule is O=C1C(Cl)=C(Nc2ccccc2O)C(=O)N1c1ccccc1F. The van der Waals surface area contributed by atoms with Crippen molar-refractivity contribution in [2.24, 2.45) is 0 Å². The van der Waals surface area contributed by atoms with E-state index in [4.69, 9.17) is 11.6 Å². The Morgan fingerprint density at radius 2 is 1.65 bits per heavy atom. The molecule has 0 saturated carbocycles. The number of phenolic OH excluding ortho intramolecular Hbond substituents is 1. The molecule has 116 valence electrons. The van der Waals surface area contributed by atoms with Crippen molar-refractivity contribution in [3.63, 3.8) is 0 Å². The van der Waals surface area contributed by atoms with Crippen molar-refractivity contribution >= 4 is 34.8 Å². The minimum Gasteiger partial charge on any atom is -0.506 e. The number of imide groups is 1. The fourth-order valence-electron chi connectivity index (χ4n) is 2.18. The van der Waals surface area contributed by atoms with Crippen LogP contribution in [-0.2, 0) is 9.59 Å². The molecule has 23 heavy (non-hydrogen) atoms. The second-order valence-corrected chi connectivity index (χ2v) is 5.11. The number of nitrogens with one attached hydrogen (secondary N) is 1. The lowest BCUT2D eigenvalue weighted by Crippen LogP contribution is -2.33. The van der Waals surface area contributed by atoms with E-state index in [0.717, 1.165) is 6.07 Å². The Morgan fingerprint density at radius 1 is 1.00 bits per heavy atom. The van der Waals surface area contributed by atoms with Crippen molar-refractivity contribution in [2.75, 3.05) is 10.2 Å². The van der Waals surface area contributed by atoms with Crippen LogP contribution >= 0.6 is 11.6 Å². The molecule has 2 amide bonds. The monoisotopic (exact) mass is 332 g/mol. The number of carbonyl (C=O) groups is 2. The third-order valence-corrected chi connectivity index (χ3v) is 3.64. The van der Waals surface area contributed by atoms with Crippen LogP contribution in [0.4, 0.5) is 15.8 Å². The molecule has 0 radical (unpaired) electrons. The van der Waals surface area contributed by atoms with Crippen LogP contribution in [0.3, 0.4) is 0 Å². The largest absolute Gasteiger partial charge is 0.506 e. The molecule has 7 heteroatoms. The van der Waals surface area contributed by atoms with Gasteiger partial charge in [-0.2, -0.15) is 0 Å². The summed E-state index contributed by atoms with van der Waals surface area (Å²) in [6, 6.07) is 11.5. The smallest absolute Gasteiger partial charge is 0.283 e. The number of halogens is 2. The molecule has 1 aliphatic heterocycles. The lowest BCUT2D eigenvalue weighted by atomic mass is 10.2. The van der Waals surface area contributed by atoms with Crippen LogP contribution in [0.2, 0.25) is 0 Å². The van der Waals surface area contributed by atoms with Crippen molar-refractivity contribution in [1.29, 1.82) is 0 Å². The van der Waals surface area contributed by atoms with Crippen molar-refractivity contribution < 1.29 is 19.1 Å². The first kappa shape index (κ1) is 15.1. The zero-order valence-corrected chi connectivity index (χ0v) is 12.3. The van der Waals surface area contributed by atoms with Crippen LogP contribution in [-0.4, -0.2) is 16.9 Å². The zero-order chi connectivity index (χ0) is 16.6. The molecule has 1 heterocycles. The fraction of sp³-hybridized carbons (Fsp3) is 0. The van der Waals surface area contributed by atoms with Crippen LogP contribution in [0.15, 0.2) is 59.3 Å². The zero-order valence-electron chi connectivity index (χ0n) is 11.6. The maximum absolute atomic E-state index is 13.9. The van der Waals surface area contributed by atoms with Crippen molar-refractivity contribution in [3.8, 4) is 5.75 Å². The summed E-state index contributed by atoms with van der Waals surface area (Å²) >= 11 is 5.92.